The van der Waals surface area contributed by atoms with Crippen LogP contribution in [-0.4, -0.2) is 19.2 Å². The van der Waals surface area contributed by atoms with Crippen molar-refractivity contribution in [3.63, 3.8) is 0 Å². The first-order chi connectivity index (χ1) is 9.93. The summed E-state index contributed by atoms with van der Waals surface area (Å²) < 4.78 is 5.85. The van der Waals surface area contributed by atoms with E-state index in [0.29, 0.717) is 16.9 Å². The zero-order valence-corrected chi connectivity index (χ0v) is 13.9. The molecule has 0 heterocycles. The lowest BCUT2D eigenvalue weighted by atomic mass is 9.69. The molecule has 2 aliphatic carbocycles. The molecule has 0 radical (unpaired) electrons. The molecule has 1 N–H and O–H groups in total. The Morgan fingerprint density at radius 3 is 2.71 bits per heavy atom. The Labute approximate surface area is 129 Å². The normalized spacial score (nSPS) is 33.3. The van der Waals surface area contributed by atoms with E-state index in [0.717, 1.165) is 24.8 Å². The van der Waals surface area contributed by atoms with Crippen molar-refractivity contribution in [2.75, 3.05) is 13.2 Å². The van der Waals surface area contributed by atoms with Crippen molar-refractivity contribution in [3.8, 4) is 5.75 Å². The quantitative estimate of drug-likeness (QED) is 0.820. The molecule has 2 bridgehead atoms. The number of ether oxygens (including phenoxy) is 1. The maximum absolute atomic E-state index is 5.85. The Hall–Kier alpha value is -1.02. The summed E-state index contributed by atoms with van der Waals surface area (Å²) in [7, 11) is 0. The molecule has 0 saturated heterocycles. The average molecular weight is 287 g/mol. The molecule has 2 heteroatoms. The van der Waals surface area contributed by atoms with Crippen LogP contribution in [0.5, 0.6) is 5.75 Å². The molecule has 3 rings (SSSR count). The SMILES string of the molecule is Cc1cccc(OCCNC2CC3CCC2(C)C3(C)C)c1. The Bertz CT molecular complexity index is 510. The summed E-state index contributed by atoms with van der Waals surface area (Å²) in [4.78, 5) is 0. The fourth-order valence-corrected chi connectivity index (χ4v) is 4.62. The van der Waals surface area contributed by atoms with Crippen molar-refractivity contribution in [1.29, 1.82) is 0 Å². The van der Waals surface area contributed by atoms with E-state index in [1.807, 2.05) is 6.07 Å². The van der Waals surface area contributed by atoms with Crippen molar-refractivity contribution in [3.05, 3.63) is 29.8 Å². The Kier molecular flexibility index (Phi) is 3.77. The summed E-state index contributed by atoms with van der Waals surface area (Å²) in [6.45, 7) is 11.2. The first-order valence-corrected chi connectivity index (χ1v) is 8.36. The molecule has 3 unspecified atom stereocenters. The number of benzene rings is 1. The number of fused-ring (bicyclic) bond motifs is 2. The van der Waals surface area contributed by atoms with E-state index in [-0.39, 0.29) is 0 Å². The molecule has 21 heavy (non-hydrogen) atoms. The Morgan fingerprint density at radius 1 is 1.29 bits per heavy atom. The highest BCUT2D eigenvalue weighted by Crippen LogP contribution is 2.65. The van der Waals surface area contributed by atoms with Crippen LogP contribution in [0.15, 0.2) is 24.3 Å². The fraction of sp³-hybridized carbons (Fsp3) is 0.684. The predicted octanol–water partition coefficient (Wildman–Crippen LogP) is 4.18. The molecule has 0 aromatic heterocycles. The molecular weight excluding hydrogens is 258 g/mol. The molecule has 0 spiro atoms. The lowest BCUT2D eigenvalue weighted by Crippen LogP contribution is -2.45. The van der Waals surface area contributed by atoms with Crippen LogP contribution < -0.4 is 10.1 Å². The topological polar surface area (TPSA) is 21.3 Å². The smallest absolute Gasteiger partial charge is 0.119 e. The Balaban J connectivity index is 1.49. The molecule has 116 valence electrons. The average Bonchev–Trinajstić information content (AvgIpc) is 2.76. The minimum atomic E-state index is 0.459. The molecule has 2 fully saturated rings. The van der Waals surface area contributed by atoms with Gasteiger partial charge in [0.1, 0.15) is 12.4 Å². The first kappa shape index (κ1) is 14.9. The summed E-state index contributed by atoms with van der Waals surface area (Å²) in [6, 6.07) is 8.95. The predicted molar refractivity (Wildman–Crippen MR) is 87.7 cm³/mol. The van der Waals surface area contributed by atoms with Gasteiger partial charge in [0.15, 0.2) is 0 Å². The van der Waals surface area contributed by atoms with Gasteiger partial charge in [0.05, 0.1) is 0 Å². The van der Waals surface area contributed by atoms with Gasteiger partial charge in [0.2, 0.25) is 0 Å². The van der Waals surface area contributed by atoms with E-state index in [4.69, 9.17) is 4.74 Å². The fourth-order valence-electron chi connectivity index (χ4n) is 4.62. The first-order valence-electron chi connectivity index (χ1n) is 8.36. The molecule has 2 nitrogen and oxygen atoms in total. The molecular formula is C19H29NO. The van der Waals surface area contributed by atoms with Gasteiger partial charge in [0.25, 0.3) is 0 Å². The zero-order chi connectivity index (χ0) is 15.1. The molecule has 0 aliphatic heterocycles. The van der Waals surface area contributed by atoms with Crippen LogP contribution in [0.3, 0.4) is 0 Å². The van der Waals surface area contributed by atoms with Gasteiger partial charge < -0.3 is 10.1 Å². The highest BCUT2D eigenvalue weighted by atomic mass is 16.5. The molecule has 3 atom stereocenters. The van der Waals surface area contributed by atoms with Crippen molar-refractivity contribution in [2.45, 2.75) is 53.0 Å². The molecule has 1 aromatic carbocycles. The summed E-state index contributed by atoms with van der Waals surface area (Å²) in [5, 5.41) is 3.77. The minimum Gasteiger partial charge on any atom is -0.492 e. The van der Waals surface area contributed by atoms with Gasteiger partial charge >= 0.3 is 0 Å². The van der Waals surface area contributed by atoms with Crippen LogP contribution in [0.25, 0.3) is 0 Å². The summed E-state index contributed by atoms with van der Waals surface area (Å²) >= 11 is 0. The maximum atomic E-state index is 5.85. The van der Waals surface area contributed by atoms with Gasteiger partial charge in [-0.25, -0.2) is 0 Å². The summed E-state index contributed by atoms with van der Waals surface area (Å²) in [5.41, 5.74) is 2.20. The third-order valence-electron chi connectivity index (χ3n) is 6.55. The van der Waals surface area contributed by atoms with Gasteiger partial charge in [0, 0.05) is 12.6 Å². The number of nitrogens with one attached hydrogen (secondary N) is 1. The van der Waals surface area contributed by atoms with Crippen LogP contribution >= 0.6 is 0 Å². The van der Waals surface area contributed by atoms with Gasteiger partial charge in [-0.3, -0.25) is 0 Å². The van der Waals surface area contributed by atoms with Crippen molar-refractivity contribution in [2.24, 2.45) is 16.7 Å². The molecule has 0 amide bonds. The number of rotatable bonds is 5. The van der Waals surface area contributed by atoms with Crippen molar-refractivity contribution < 1.29 is 4.74 Å². The van der Waals surface area contributed by atoms with Crippen LogP contribution in [-0.2, 0) is 0 Å². The van der Waals surface area contributed by atoms with Gasteiger partial charge in [-0.2, -0.15) is 0 Å². The second-order valence-corrected chi connectivity index (χ2v) is 7.78. The third kappa shape index (κ3) is 2.48. The van der Waals surface area contributed by atoms with E-state index < -0.39 is 0 Å². The van der Waals surface area contributed by atoms with Crippen LogP contribution in [0, 0.1) is 23.7 Å². The maximum Gasteiger partial charge on any atom is 0.119 e. The van der Waals surface area contributed by atoms with Crippen molar-refractivity contribution in [1.82, 2.24) is 5.32 Å². The van der Waals surface area contributed by atoms with Crippen LogP contribution in [0.1, 0.15) is 45.6 Å². The Morgan fingerprint density at radius 2 is 2.10 bits per heavy atom. The lowest BCUT2D eigenvalue weighted by Gasteiger charge is -2.39. The number of aryl methyl sites for hydroxylation is 1. The van der Waals surface area contributed by atoms with Crippen molar-refractivity contribution >= 4 is 0 Å². The van der Waals surface area contributed by atoms with E-state index in [1.165, 1.54) is 24.8 Å². The zero-order valence-electron chi connectivity index (χ0n) is 13.9. The highest BCUT2D eigenvalue weighted by molar-refractivity contribution is 5.27. The second kappa shape index (κ2) is 5.31. The monoisotopic (exact) mass is 287 g/mol. The largest absolute Gasteiger partial charge is 0.492 e. The van der Waals surface area contributed by atoms with E-state index in [1.54, 1.807) is 0 Å². The van der Waals surface area contributed by atoms with E-state index >= 15 is 0 Å². The number of hydrogen-bond donors (Lipinski definition) is 1. The van der Waals surface area contributed by atoms with Crippen LogP contribution in [0.2, 0.25) is 0 Å². The number of hydrogen-bond acceptors (Lipinski definition) is 2. The molecule has 2 saturated carbocycles. The third-order valence-corrected chi connectivity index (χ3v) is 6.55. The van der Waals surface area contributed by atoms with Gasteiger partial charge in [-0.15, -0.1) is 0 Å². The summed E-state index contributed by atoms with van der Waals surface area (Å²) in [5.74, 6) is 1.88. The van der Waals surface area contributed by atoms with Gasteiger partial charge in [-0.05, 0) is 60.6 Å². The summed E-state index contributed by atoms with van der Waals surface area (Å²) in [6.07, 6.45) is 4.14. The lowest BCUT2D eigenvalue weighted by molar-refractivity contribution is 0.119. The standard InChI is InChI=1S/C19H29NO/c1-14-6-5-7-16(12-14)21-11-10-20-17-13-15-8-9-19(17,4)18(15,2)3/h5-7,12,15,17,20H,8-11,13H2,1-4H3. The second-order valence-electron chi connectivity index (χ2n) is 7.78. The minimum absolute atomic E-state index is 0.459. The molecule has 2 aliphatic rings. The highest BCUT2D eigenvalue weighted by Gasteiger charge is 2.60. The molecule has 1 aromatic rings. The van der Waals surface area contributed by atoms with Gasteiger partial charge in [-0.1, -0.05) is 32.9 Å². The van der Waals surface area contributed by atoms with E-state index in [2.05, 4.69) is 51.2 Å². The van der Waals surface area contributed by atoms with Crippen LogP contribution in [0.4, 0.5) is 0 Å². The van der Waals surface area contributed by atoms with E-state index in [9.17, 15) is 0 Å².